The van der Waals surface area contributed by atoms with Crippen molar-refractivity contribution in [3.8, 4) is 11.5 Å². The van der Waals surface area contributed by atoms with Crippen LogP contribution in [0.1, 0.15) is 16.9 Å². The molecule has 6 nitrogen and oxygen atoms in total. The molecule has 0 saturated heterocycles. The number of sulfonamides is 1. The van der Waals surface area contributed by atoms with Crippen molar-refractivity contribution in [3.05, 3.63) is 53.4 Å². The zero-order chi connectivity index (χ0) is 16.6. The summed E-state index contributed by atoms with van der Waals surface area (Å²) in [5, 5.41) is 6.59. The summed E-state index contributed by atoms with van der Waals surface area (Å²) in [5.41, 5.74) is 3.28. The van der Waals surface area contributed by atoms with Crippen molar-refractivity contribution in [2.75, 3.05) is 4.72 Å². The third-order valence-corrected chi connectivity index (χ3v) is 5.18. The lowest BCUT2D eigenvalue weighted by Gasteiger charge is -2.09. The molecule has 7 heteroatoms. The summed E-state index contributed by atoms with van der Waals surface area (Å²) < 4.78 is 33.3. The summed E-state index contributed by atoms with van der Waals surface area (Å²) in [7, 11) is -3.72. The van der Waals surface area contributed by atoms with Crippen LogP contribution >= 0.6 is 0 Å². The lowest BCUT2D eigenvalue weighted by Crippen LogP contribution is -2.13. The zero-order valence-electron chi connectivity index (χ0n) is 13.0. The summed E-state index contributed by atoms with van der Waals surface area (Å²) in [5.74, 6) is 0.756. The largest absolute Gasteiger partial charge is 0.458 e. The van der Waals surface area contributed by atoms with Gasteiger partial charge in [0, 0.05) is 18.0 Å². The molecule has 0 bridgehead atoms. The van der Waals surface area contributed by atoms with Crippen molar-refractivity contribution in [3.63, 3.8) is 0 Å². The molecule has 0 aliphatic carbocycles. The molecular weight excluding hydrogens is 314 g/mol. The summed E-state index contributed by atoms with van der Waals surface area (Å²) >= 11 is 0. The highest BCUT2D eigenvalue weighted by atomic mass is 32.2. The van der Waals surface area contributed by atoms with Crippen molar-refractivity contribution in [1.82, 2.24) is 10.2 Å². The molecule has 0 aliphatic rings. The molecule has 0 fully saturated rings. The maximum Gasteiger partial charge on any atom is 0.265 e. The van der Waals surface area contributed by atoms with E-state index in [1.54, 1.807) is 31.3 Å². The number of benzene rings is 1. The highest BCUT2D eigenvalue weighted by molar-refractivity contribution is 7.92. The molecule has 23 heavy (non-hydrogen) atoms. The van der Waals surface area contributed by atoms with Gasteiger partial charge < -0.3 is 4.42 Å². The Balaban J connectivity index is 1.95. The first-order chi connectivity index (χ1) is 10.9. The second-order valence-corrected chi connectivity index (χ2v) is 7.06. The van der Waals surface area contributed by atoms with E-state index in [2.05, 4.69) is 14.9 Å². The van der Waals surface area contributed by atoms with Gasteiger partial charge in [-0.3, -0.25) is 9.82 Å². The second-order valence-electron chi connectivity index (χ2n) is 5.41. The van der Waals surface area contributed by atoms with Crippen LogP contribution in [0.15, 0.2) is 45.8 Å². The van der Waals surface area contributed by atoms with Gasteiger partial charge in [-0.15, -0.1) is 0 Å². The van der Waals surface area contributed by atoms with E-state index in [1.165, 1.54) is 6.07 Å². The fourth-order valence-corrected chi connectivity index (χ4v) is 3.50. The van der Waals surface area contributed by atoms with Crippen LogP contribution in [0.3, 0.4) is 0 Å². The molecule has 1 aromatic carbocycles. The fourth-order valence-electron chi connectivity index (χ4n) is 2.27. The minimum absolute atomic E-state index is 0.111. The highest BCUT2D eigenvalue weighted by Crippen LogP contribution is 2.28. The molecule has 120 valence electrons. The van der Waals surface area contributed by atoms with Crippen LogP contribution < -0.4 is 4.72 Å². The average Bonchev–Trinajstić information content (AvgIpc) is 3.11. The molecule has 2 heterocycles. The Kier molecular flexibility index (Phi) is 3.73. The van der Waals surface area contributed by atoms with Crippen LogP contribution in [0.2, 0.25) is 0 Å². The SMILES string of the molecule is Cc1ccc(NS(=O)(=O)c2cc(-c3ccn[nH]3)oc2C)cc1C. The van der Waals surface area contributed by atoms with Gasteiger partial charge in [0.2, 0.25) is 0 Å². The van der Waals surface area contributed by atoms with Crippen molar-refractivity contribution in [1.29, 1.82) is 0 Å². The Morgan fingerprint density at radius 1 is 1.09 bits per heavy atom. The van der Waals surface area contributed by atoms with Gasteiger partial charge in [-0.2, -0.15) is 5.10 Å². The quantitative estimate of drug-likeness (QED) is 0.767. The van der Waals surface area contributed by atoms with E-state index in [-0.39, 0.29) is 4.90 Å². The summed E-state index contributed by atoms with van der Waals surface area (Å²) in [6.07, 6.45) is 1.58. The van der Waals surface area contributed by atoms with Gasteiger partial charge in [0.15, 0.2) is 5.76 Å². The predicted octanol–water partition coefficient (Wildman–Crippen LogP) is 3.40. The molecular formula is C16H17N3O3S. The molecule has 0 atom stereocenters. The minimum Gasteiger partial charge on any atom is -0.458 e. The molecule has 2 N–H and O–H groups in total. The first-order valence-electron chi connectivity index (χ1n) is 7.07. The van der Waals surface area contributed by atoms with E-state index in [1.807, 2.05) is 19.9 Å². The van der Waals surface area contributed by atoms with Crippen LogP contribution in [0.25, 0.3) is 11.5 Å². The molecule has 3 rings (SSSR count). The van der Waals surface area contributed by atoms with Gasteiger partial charge in [-0.1, -0.05) is 6.07 Å². The van der Waals surface area contributed by atoms with E-state index in [0.29, 0.717) is 22.9 Å². The van der Waals surface area contributed by atoms with E-state index in [4.69, 9.17) is 4.42 Å². The van der Waals surface area contributed by atoms with Crippen molar-refractivity contribution in [2.45, 2.75) is 25.7 Å². The molecule has 2 aromatic heterocycles. The zero-order valence-corrected chi connectivity index (χ0v) is 13.9. The van der Waals surface area contributed by atoms with Crippen LogP contribution in [-0.4, -0.2) is 18.6 Å². The van der Waals surface area contributed by atoms with E-state index >= 15 is 0 Å². The Hall–Kier alpha value is -2.54. The molecule has 3 aromatic rings. The first-order valence-corrected chi connectivity index (χ1v) is 8.55. The molecule has 0 unspecified atom stereocenters. The normalized spacial score (nSPS) is 11.6. The number of hydrogen-bond donors (Lipinski definition) is 2. The Morgan fingerprint density at radius 3 is 2.52 bits per heavy atom. The number of aromatic amines is 1. The second kappa shape index (κ2) is 5.58. The monoisotopic (exact) mass is 331 g/mol. The number of hydrogen-bond acceptors (Lipinski definition) is 4. The van der Waals surface area contributed by atoms with Crippen LogP contribution in [0, 0.1) is 20.8 Å². The van der Waals surface area contributed by atoms with Gasteiger partial charge in [-0.25, -0.2) is 8.42 Å². The van der Waals surface area contributed by atoms with Gasteiger partial charge in [-0.05, 0) is 50.1 Å². The van der Waals surface area contributed by atoms with Gasteiger partial charge >= 0.3 is 0 Å². The number of anilines is 1. The van der Waals surface area contributed by atoms with Gasteiger partial charge in [0.25, 0.3) is 10.0 Å². The smallest absolute Gasteiger partial charge is 0.265 e. The molecule has 0 spiro atoms. The van der Waals surface area contributed by atoms with Gasteiger partial charge in [0.1, 0.15) is 16.3 Å². The molecule has 0 radical (unpaired) electrons. The number of nitrogens with zero attached hydrogens (tertiary/aromatic N) is 1. The number of nitrogens with one attached hydrogen (secondary N) is 2. The summed E-state index contributed by atoms with van der Waals surface area (Å²) in [6, 6.07) is 8.63. The van der Waals surface area contributed by atoms with Crippen LogP contribution in [0.4, 0.5) is 5.69 Å². The maximum atomic E-state index is 12.6. The maximum absolute atomic E-state index is 12.6. The van der Waals surface area contributed by atoms with E-state index in [0.717, 1.165) is 11.1 Å². The van der Waals surface area contributed by atoms with Crippen LogP contribution in [0.5, 0.6) is 0 Å². The fraction of sp³-hybridized carbons (Fsp3) is 0.188. The van der Waals surface area contributed by atoms with Crippen molar-refractivity contribution >= 4 is 15.7 Å². The number of rotatable bonds is 4. The molecule has 0 saturated carbocycles. The Morgan fingerprint density at radius 2 is 1.87 bits per heavy atom. The number of aromatic nitrogens is 2. The lowest BCUT2D eigenvalue weighted by molar-refractivity contribution is 0.534. The Labute approximate surface area is 134 Å². The summed E-state index contributed by atoms with van der Waals surface area (Å²) in [4.78, 5) is 0.111. The van der Waals surface area contributed by atoms with E-state index in [9.17, 15) is 8.42 Å². The van der Waals surface area contributed by atoms with Crippen molar-refractivity contribution in [2.24, 2.45) is 0 Å². The minimum atomic E-state index is -3.72. The third-order valence-electron chi connectivity index (χ3n) is 3.69. The topological polar surface area (TPSA) is 88.0 Å². The summed E-state index contributed by atoms with van der Waals surface area (Å²) in [6.45, 7) is 5.53. The number of aryl methyl sites for hydroxylation is 3. The van der Waals surface area contributed by atoms with Crippen molar-refractivity contribution < 1.29 is 12.8 Å². The third kappa shape index (κ3) is 3.00. The number of furan rings is 1. The standard InChI is InChI=1S/C16H17N3O3S/c1-10-4-5-13(8-11(10)2)19-23(20,21)16-9-15(22-12(16)3)14-6-7-17-18-14/h4-9,19H,1-3H3,(H,17,18). The molecule has 0 aliphatic heterocycles. The lowest BCUT2D eigenvalue weighted by atomic mass is 10.1. The number of H-pyrrole nitrogens is 1. The average molecular weight is 331 g/mol. The Bertz CT molecular complexity index is 941. The van der Waals surface area contributed by atoms with Gasteiger partial charge in [0.05, 0.1) is 0 Å². The van der Waals surface area contributed by atoms with E-state index < -0.39 is 10.0 Å². The van der Waals surface area contributed by atoms with Crippen LogP contribution in [-0.2, 0) is 10.0 Å². The highest BCUT2D eigenvalue weighted by Gasteiger charge is 2.22. The predicted molar refractivity (Wildman–Crippen MR) is 87.8 cm³/mol. The first kappa shape index (κ1) is 15.4. The molecule has 0 amide bonds.